The Morgan fingerprint density at radius 2 is 2.22 bits per heavy atom. The SMILES string of the molecule is NC(=O)NSC1(C(F)(F)CO)c2cc(Br)ccc2OCC12CC2. The molecule has 0 aromatic heterocycles. The van der Waals surface area contributed by atoms with E-state index in [1.165, 1.54) is 0 Å². The standard InChI is InChI=1S/C14H15BrF2N2O3S/c15-8-1-2-10-9(5-8)14(13(16,17)6-20,23-19-11(18)21)12(3-4-12)7-22-10/h1-2,5,20H,3-4,6-7H2,(H3,18,19,21). The highest BCUT2D eigenvalue weighted by molar-refractivity contribution is 9.10. The van der Waals surface area contributed by atoms with Crippen molar-refractivity contribution in [2.24, 2.45) is 11.1 Å². The zero-order chi connectivity index (χ0) is 16.9. The summed E-state index contributed by atoms with van der Waals surface area (Å²) in [5.74, 6) is -3.16. The molecule has 9 heteroatoms. The Hall–Kier alpha value is -1.06. The van der Waals surface area contributed by atoms with Crippen molar-refractivity contribution >= 4 is 33.9 Å². The van der Waals surface area contributed by atoms with Crippen molar-refractivity contribution < 1.29 is 23.4 Å². The van der Waals surface area contributed by atoms with E-state index in [0.29, 0.717) is 35.0 Å². The Balaban J connectivity index is 2.22. The molecular weight excluding hydrogens is 394 g/mol. The summed E-state index contributed by atoms with van der Waals surface area (Å²) in [5, 5.41) is 9.37. The number of benzene rings is 1. The van der Waals surface area contributed by atoms with Crippen LogP contribution < -0.4 is 15.2 Å². The molecule has 0 saturated heterocycles. The molecule has 1 unspecified atom stereocenters. The van der Waals surface area contributed by atoms with Crippen molar-refractivity contribution in [1.29, 1.82) is 0 Å². The van der Waals surface area contributed by atoms with Gasteiger partial charge in [-0.15, -0.1) is 0 Å². The first-order valence-corrected chi connectivity index (χ1v) is 8.54. The molecule has 5 nitrogen and oxygen atoms in total. The van der Waals surface area contributed by atoms with Crippen molar-refractivity contribution in [2.45, 2.75) is 23.5 Å². The van der Waals surface area contributed by atoms with Gasteiger partial charge in [0.05, 0.1) is 6.61 Å². The Labute approximate surface area is 144 Å². The topological polar surface area (TPSA) is 84.6 Å². The zero-order valence-electron chi connectivity index (χ0n) is 11.9. The van der Waals surface area contributed by atoms with Gasteiger partial charge in [-0.25, -0.2) is 13.6 Å². The largest absolute Gasteiger partial charge is 0.493 e. The monoisotopic (exact) mass is 408 g/mol. The first kappa shape index (κ1) is 16.8. The lowest BCUT2D eigenvalue weighted by molar-refractivity contribution is -0.116. The van der Waals surface area contributed by atoms with Crippen LogP contribution in [0.2, 0.25) is 0 Å². The Morgan fingerprint density at radius 1 is 1.52 bits per heavy atom. The van der Waals surface area contributed by atoms with Gasteiger partial charge in [0.1, 0.15) is 17.1 Å². The lowest BCUT2D eigenvalue weighted by atomic mass is 9.76. The van der Waals surface area contributed by atoms with Gasteiger partial charge in [0.15, 0.2) is 0 Å². The summed E-state index contributed by atoms with van der Waals surface area (Å²) in [5.41, 5.74) is 4.48. The predicted molar refractivity (Wildman–Crippen MR) is 85.3 cm³/mol. The number of nitrogens with one attached hydrogen (secondary N) is 1. The number of aliphatic hydroxyl groups excluding tert-OH is 1. The van der Waals surface area contributed by atoms with E-state index in [9.17, 15) is 18.7 Å². The van der Waals surface area contributed by atoms with Crippen LogP contribution in [0, 0.1) is 5.41 Å². The summed E-state index contributed by atoms with van der Waals surface area (Å²) in [6.45, 7) is -1.24. The number of primary amides is 1. The number of fused-ring (bicyclic) bond motifs is 1. The average Bonchev–Trinajstić information content (AvgIpc) is 3.27. The summed E-state index contributed by atoms with van der Waals surface area (Å²) in [6, 6.07) is 3.93. The number of nitrogens with two attached hydrogens (primary N) is 1. The number of halogens is 3. The van der Waals surface area contributed by atoms with E-state index in [-0.39, 0.29) is 12.2 Å². The molecule has 1 aromatic carbocycles. The van der Waals surface area contributed by atoms with Gasteiger partial charge < -0.3 is 15.6 Å². The number of hydrogen-bond donors (Lipinski definition) is 3. The van der Waals surface area contributed by atoms with Crippen LogP contribution in [-0.4, -0.2) is 30.3 Å². The second kappa shape index (κ2) is 5.49. The Morgan fingerprint density at radius 3 is 2.78 bits per heavy atom. The minimum Gasteiger partial charge on any atom is -0.493 e. The van der Waals surface area contributed by atoms with Crippen LogP contribution in [0.15, 0.2) is 22.7 Å². The third kappa shape index (κ3) is 2.40. The maximum atomic E-state index is 15.0. The smallest absolute Gasteiger partial charge is 0.322 e. The number of alkyl halides is 2. The van der Waals surface area contributed by atoms with E-state index < -0.39 is 28.7 Å². The van der Waals surface area contributed by atoms with E-state index in [0.717, 1.165) is 0 Å². The van der Waals surface area contributed by atoms with Crippen molar-refractivity contribution in [3.05, 3.63) is 28.2 Å². The van der Waals surface area contributed by atoms with Crippen LogP contribution in [0.5, 0.6) is 5.75 Å². The van der Waals surface area contributed by atoms with Gasteiger partial charge in [-0.05, 0) is 43.0 Å². The first-order valence-electron chi connectivity index (χ1n) is 6.93. The third-order valence-electron chi connectivity index (χ3n) is 4.44. The lowest BCUT2D eigenvalue weighted by Gasteiger charge is -2.48. The molecule has 1 saturated carbocycles. The number of ether oxygens (including phenoxy) is 1. The molecule has 23 heavy (non-hydrogen) atoms. The van der Waals surface area contributed by atoms with E-state index in [1.807, 2.05) is 0 Å². The molecular formula is C14H15BrF2N2O3S. The number of aliphatic hydroxyl groups is 1. The van der Waals surface area contributed by atoms with Crippen LogP contribution in [0.1, 0.15) is 18.4 Å². The minimum absolute atomic E-state index is 0.102. The molecule has 1 aromatic rings. The van der Waals surface area contributed by atoms with E-state index in [2.05, 4.69) is 20.7 Å². The lowest BCUT2D eigenvalue weighted by Crippen LogP contribution is -2.57. The summed E-state index contributed by atoms with van der Waals surface area (Å²) in [6.07, 6.45) is 1.03. The van der Waals surface area contributed by atoms with Gasteiger partial charge >= 0.3 is 6.03 Å². The van der Waals surface area contributed by atoms with Gasteiger partial charge in [-0.3, -0.25) is 4.72 Å². The molecule has 3 rings (SSSR count). The number of carbonyl (C=O) groups is 1. The molecule has 0 radical (unpaired) electrons. The van der Waals surface area contributed by atoms with Crippen LogP contribution in [0.4, 0.5) is 13.6 Å². The van der Waals surface area contributed by atoms with Gasteiger partial charge in [0.25, 0.3) is 5.92 Å². The van der Waals surface area contributed by atoms with Crippen LogP contribution in [0.25, 0.3) is 0 Å². The van der Waals surface area contributed by atoms with Crippen molar-refractivity contribution in [3.63, 3.8) is 0 Å². The summed E-state index contributed by atoms with van der Waals surface area (Å²) in [4.78, 5) is 11.2. The molecule has 2 aliphatic rings. The van der Waals surface area contributed by atoms with Gasteiger partial charge in [0, 0.05) is 15.5 Å². The number of urea groups is 1. The summed E-state index contributed by atoms with van der Waals surface area (Å²) in [7, 11) is 0. The first-order chi connectivity index (χ1) is 10.8. The molecule has 126 valence electrons. The molecule has 4 N–H and O–H groups in total. The maximum Gasteiger partial charge on any atom is 0.322 e. The molecule has 1 atom stereocenters. The maximum absolute atomic E-state index is 15.0. The number of hydrogen-bond acceptors (Lipinski definition) is 4. The van der Waals surface area contributed by atoms with E-state index in [4.69, 9.17) is 10.5 Å². The number of rotatable bonds is 4. The summed E-state index contributed by atoms with van der Waals surface area (Å²) >= 11 is 3.85. The van der Waals surface area contributed by atoms with Gasteiger partial charge in [-0.1, -0.05) is 15.9 Å². The quantitative estimate of drug-likeness (QED) is 0.668. The third-order valence-corrected chi connectivity index (χ3v) is 6.50. The van der Waals surface area contributed by atoms with E-state index >= 15 is 0 Å². The predicted octanol–water partition coefficient (Wildman–Crippen LogP) is 2.76. The van der Waals surface area contributed by atoms with E-state index in [1.54, 1.807) is 18.2 Å². The zero-order valence-corrected chi connectivity index (χ0v) is 14.3. The fourth-order valence-corrected chi connectivity index (χ4v) is 4.79. The van der Waals surface area contributed by atoms with Crippen molar-refractivity contribution in [1.82, 2.24) is 4.72 Å². The fourth-order valence-electron chi connectivity index (χ4n) is 3.21. The highest BCUT2D eigenvalue weighted by atomic mass is 79.9. The Bertz CT molecular complexity index is 657. The molecule has 1 fully saturated rings. The molecule has 1 aliphatic heterocycles. The number of amides is 2. The van der Waals surface area contributed by atoms with Crippen LogP contribution in [0.3, 0.4) is 0 Å². The van der Waals surface area contributed by atoms with Gasteiger partial charge in [-0.2, -0.15) is 0 Å². The molecule has 1 heterocycles. The molecule has 1 aliphatic carbocycles. The molecule has 1 spiro atoms. The van der Waals surface area contributed by atoms with Crippen molar-refractivity contribution in [2.75, 3.05) is 13.2 Å². The second-order valence-electron chi connectivity index (χ2n) is 5.82. The average molecular weight is 409 g/mol. The summed E-state index contributed by atoms with van der Waals surface area (Å²) < 4.78 is 36.6. The highest BCUT2D eigenvalue weighted by Crippen LogP contribution is 2.71. The molecule has 2 amide bonds. The van der Waals surface area contributed by atoms with Crippen LogP contribution in [-0.2, 0) is 4.75 Å². The van der Waals surface area contributed by atoms with Crippen molar-refractivity contribution in [3.8, 4) is 5.75 Å². The number of carbonyl (C=O) groups excluding carboxylic acids is 1. The second-order valence-corrected chi connectivity index (χ2v) is 7.76. The fraction of sp³-hybridized carbons (Fsp3) is 0.500. The normalized spacial score (nSPS) is 24.7. The Kier molecular flexibility index (Phi) is 4.01. The van der Waals surface area contributed by atoms with Crippen LogP contribution >= 0.6 is 27.9 Å². The molecule has 0 bridgehead atoms. The van der Waals surface area contributed by atoms with Gasteiger partial charge in [0.2, 0.25) is 0 Å². The highest BCUT2D eigenvalue weighted by Gasteiger charge is 2.74. The minimum atomic E-state index is -3.48.